The number of esters is 4. The van der Waals surface area contributed by atoms with Crippen molar-refractivity contribution >= 4 is 157 Å². The van der Waals surface area contributed by atoms with Gasteiger partial charge in [-0.1, -0.05) is 45.7 Å². The standard InChI is InChI=1S/C63H59BrClF3N8O18S8/c1-9-89-53(77)50(44-30-95-57(69-44)74-100(83,84)46-24-18-38(64)26-34(46)5)61(55(79)91-11-3,48-32-97-59(71-48)73-99(81,82)43-22-19-41(20-23-43)93-40-16-14-13-15-17-40)62(56(80)92-12-4,49-33-98-60(72-49)76-102(87,88)52-36(7)27-39(65)28-37(52)8)51(54(78)90-10-2)45-31-96-58(70-45)75-101(85,86)47-25-21-42(29-35(47)6)94-63(66,67)68/h13-33,50-51H,9-12H2,1-8H3,(H,69,74)(H,70,75)(H,71,73)(H,72,76). The molecule has 542 valence electrons. The molecule has 9 rings (SSSR count). The maximum atomic E-state index is 17.0. The van der Waals surface area contributed by atoms with Gasteiger partial charge in [-0.05, 0) is 163 Å². The van der Waals surface area contributed by atoms with Crippen LogP contribution in [0.25, 0.3) is 0 Å². The van der Waals surface area contributed by atoms with Gasteiger partial charge in [-0.25, -0.2) is 53.6 Å². The number of aromatic nitrogens is 4. The average Bonchev–Trinajstić information content (AvgIpc) is 1.19. The van der Waals surface area contributed by atoms with Gasteiger partial charge in [-0.3, -0.25) is 38.1 Å². The first-order valence-corrected chi connectivity index (χ1v) is 40.5. The Morgan fingerprint density at radius 2 is 0.892 bits per heavy atom. The van der Waals surface area contributed by atoms with Crippen LogP contribution in [0.5, 0.6) is 17.2 Å². The van der Waals surface area contributed by atoms with Gasteiger partial charge < -0.3 is 28.4 Å². The summed E-state index contributed by atoms with van der Waals surface area (Å²) < 4.78 is 200. The number of carbonyl (C=O) groups is 4. The quantitative estimate of drug-likeness (QED) is 0.0240. The number of anilines is 4. The number of halogens is 5. The first-order chi connectivity index (χ1) is 48.0. The van der Waals surface area contributed by atoms with Gasteiger partial charge in [0, 0.05) is 31.0 Å². The van der Waals surface area contributed by atoms with E-state index in [1.165, 1.54) is 103 Å². The fourth-order valence-electron chi connectivity index (χ4n) is 11.2. The van der Waals surface area contributed by atoms with E-state index in [9.17, 15) is 46.8 Å². The van der Waals surface area contributed by atoms with Crippen LogP contribution in [0.2, 0.25) is 5.02 Å². The summed E-state index contributed by atoms with van der Waals surface area (Å²) in [5, 5.41) is 1.82. The van der Waals surface area contributed by atoms with E-state index in [1.807, 2.05) is 0 Å². The van der Waals surface area contributed by atoms with Gasteiger partial charge in [0.15, 0.2) is 31.4 Å². The summed E-state index contributed by atoms with van der Waals surface area (Å²) in [7, 11) is -19.2. The predicted molar refractivity (Wildman–Crippen MR) is 378 cm³/mol. The molecule has 0 saturated heterocycles. The van der Waals surface area contributed by atoms with E-state index in [2.05, 4.69) is 49.5 Å². The molecule has 0 saturated carbocycles. The molecule has 0 bridgehead atoms. The topological polar surface area (TPSA) is 360 Å². The number of thiazole rings is 4. The van der Waals surface area contributed by atoms with Crippen molar-refractivity contribution in [2.24, 2.45) is 0 Å². The normalized spacial score (nSPS) is 13.9. The molecule has 26 nitrogen and oxygen atoms in total. The Morgan fingerprint density at radius 1 is 0.490 bits per heavy atom. The third kappa shape index (κ3) is 16.5. The number of nitrogens with one attached hydrogen (secondary N) is 4. The molecule has 5 aromatic carbocycles. The number of nitrogens with zero attached hydrogens (tertiary/aromatic N) is 4. The van der Waals surface area contributed by atoms with Crippen LogP contribution in [0.4, 0.5) is 33.7 Å². The number of benzene rings is 5. The molecule has 4 heterocycles. The highest BCUT2D eigenvalue weighted by Gasteiger charge is 2.77. The second kappa shape index (κ2) is 31.3. The number of hydrogen-bond donors (Lipinski definition) is 4. The fraction of sp³-hybridized carbons (Fsp3) is 0.270. The van der Waals surface area contributed by atoms with Crippen LogP contribution in [0.15, 0.2) is 149 Å². The molecule has 0 spiro atoms. The summed E-state index contributed by atoms with van der Waals surface area (Å²) >= 11 is 11.5. The maximum absolute atomic E-state index is 17.0. The third-order valence-corrected chi connectivity index (χ3v) is 25.3. The molecular weight excluding hydrogens is 1590 g/mol. The lowest BCUT2D eigenvalue weighted by Gasteiger charge is -2.49. The first-order valence-electron chi connectivity index (χ1n) is 29.9. The van der Waals surface area contributed by atoms with E-state index >= 15 is 19.2 Å². The molecule has 4 N–H and O–H groups in total. The van der Waals surface area contributed by atoms with Crippen molar-refractivity contribution in [3.05, 3.63) is 179 Å². The van der Waals surface area contributed by atoms with Gasteiger partial charge in [-0.15, -0.1) is 58.5 Å². The third-order valence-electron chi connectivity index (χ3n) is 15.0. The number of para-hydroxylation sites is 1. The molecule has 102 heavy (non-hydrogen) atoms. The van der Waals surface area contributed by atoms with Crippen LogP contribution in [0.1, 0.15) is 84.6 Å². The number of aryl methyl sites for hydroxylation is 4. The van der Waals surface area contributed by atoms with E-state index in [0.717, 1.165) is 46.6 Å². The number of carbonyl (C=O) groups excluding carboxylic acids is 4. The molecule has 4 unspecified atom stereocenters. The highest BCUT2D eigenvalue weighted by Crippen LogP contribution is 2.62. The summed E-state index contributed by atoms with van der Waals surface area (Å²) in [5.41, 5.74) is -10.2. The SMILES string of the molecule is CCOC(=O)C(c1csc(NS(=O)(=O)c2ccc(Br)cc2C)n1)C(C(=O)OCC)(c1csc(NS(=O)(=O)c2ccc(Oc3ccccc3)cc2)n1)C(C(=O)OCC)(c1csc(NS(=O)(=O)c2c(C)cc(Cl)cc2C)n1)C(C(=O)OCC)c1csc(NS(=O)(=O)c2ccc(OC(F)(F)F)cc2C)n1. The number of hydrogen-bond acceptors (Lipinski definition) is 26. The lowest BCUT2D eigenvalue weighted by Crippen LogP contribution is -2.68. The molecule has 0 amide bonds. The summed E-state index contributed by atoms with van der Waals surface area (Å²) in [5.74, 6) is -12.1. The Balaban J connectivity index is 1.39. The fourth-order valence-corrected chi connectivity index (χ4v) is 20.9. The van der Waals surface area contributed by atoms with Crippen molar-refractivity contribution in [2.75, 3.05) is 45.3 Å². The van der Waals surface area contributed by atoms with Crippen molar-refractivity contribution < 1.29 is 94.4 Å². The van der Waals surface area contributed by atoms with Crippen LogP contribution >= 0.6 is 72.9 Å². The minimum atomic E-state index is -5.17. The molecule has 4 aromatic heterocycles. The highest BCUT2D eigenvalue weighted by molar-refractivity contribution is 9.10. The number of ether oxygens (including phenoxy) is 6. The monoisotopic (exact) mass is 1640 g/mol. The van der Waals surface area contributed by atoms with Gasteiger partial charge in [0.05, 0.1) is 68.8 Å². The van der Waals surface area contributed by atoms with E-state index in [1.54, 1.807) is 30.3 Å². The Hall–Kier alpha value is -8.34. The maximum Gasteiger partial charge on any atom is 0.573 e. The Labute approximate surface area is 612 Å². The Bertz CT molecular complexity index is 5100. The molecule has 9 aromatic rings. The zero-order valence-corrected chi connectivity index (χ0v) is 63.3. The minimum Gasteiger partial charge on any atom is -0.465 e. The van der Waals surface area contributed by atoms with Gasteiger partial charge in [-0.2, -0.15) is 0 Å². The Morgan fingerprint density at radius 3 is 1.33 bits per heavy atom. The predicted octanol–water partition coefficient (Wildman–Crippen LogP) is 13.1. The second-order valence-corrected chi connectivity index (χ2v) is 33.1. The van der Waals surface area contributed by atoms with Crippen molar-refractivity contribution in [3.8, 4) is 17.2 Å². The molecular formula is C63H59BrClF3N8O18S8. The zero-order valence-electron chi connectivity index (χ0n) is 54.4. The van der Waals surface area contributed by atoms with Crippen molar-refractivity contribution in [3.63, 3.8) is 0 Å². The van der Waals surface area contributed by atoms with E-state index in [4.69, 9.17) is 45.3 Å². The van der Waals surface area contributed by atoms with Crippen LogP contribution in [0.3, 0.4) is 0 Å². The van der Waals surface area contributed by atoms with Gasteiger partial charge in [0.2, 0.25) is 0 Å². The van der Waals surface area contributed by atoms with Crippen LogP contribution in [0, 0.1) is 27.7 Å². The summed E-state index contributed by atoms with van der Waals surface area (Å²) in [6, 6.07) is 22.8. The molecule has 0 fully saturated rings. The van der Waals surface area contributed by atoms with Crippen LogP contribution in [-0.4, -0.2) is 110 Å². The first kappa shape index (κ1) is 77.8. The van der Waals surface area contributed by atoms with E-state index < -0.39 is 178 Å². The smallest absolute Gasteiger partial charge is 0.465 e. The van der Waals surface area contributed by atoms with Crippen molar-refractivity contribution in [1.29, 1.82) is 0 Å². The van der Waals surface area contributed by atoms with Crippen LogP contribution in [-0.2, 0) is 89.0 Å². The van der Waals surface area contributed by atoms with Gasteiger partial charge >= 0.3 is 30.2 Å². The molecule has 39 heteroatoms. The lowest BCUT2D eigenvalue weighted by atomic mass is 9.48. The van der Waals surface area contributed by atoms with Crippen molar-refractivity contribution in [2.45, 2.75) is 104 Å². The lowest BCUT2D eigenvalue weighted by molar-refractivity contribution is -0.274. The number of sulfonamides is 4. The van der Waals surface area contributed by atoms with Crippen LogP contribution < -0.4 is 28.4 Å². The number of alkyl halides is 3. The van der Waals surface area contributed by atoms with E-state index in [-0.39, 0.29) is 42.8 Å². The van der Waals surface area contributed by atoms with Gasteiger partial charge in [0.1, 0.15) is 29.1 Å². The molecule has 4 atom stereocenters. The minimum absolute atomic E-state index is 0.143. The molecule has 0 aliphatic heterocycles. The highest BCUT2D eigenvalue weighted by atomic mass is 79.9. The van der Waals surface area contributed by atoms with Crippen molar-refractivity contribution in [1.82, 2.24) is 19.9 Å². The second-order valence-electron chi connectivity index (χ2n) is 21.7. The summed E-state index contributed by atoms with van der Waals surface area (Å²) in [6.45, 7) is 8.26. The molecule has 0 radical (unpaired) electrons. The largest absolute Gasteiger partial charge is 0.573 e. The van der Waals surface area contributed by atoms with E-state index in [0.29, 0.717) is 55.6 Å². The molecule has 0 aliphatic carbocycles. The number of rotatable bonds is 30. The Kier molecular flexibility index (Phi) is 23.9. The van der Waals surface area contributed by atoms with Gasteiger partial charge in [0.25, 0.3) is 40.1 Å². The average molecular weight is 1650 g/mol. The zero-order chi connectivity index (χ0) is 74.5. The summed E-state index contributed by atoms with van der Waals surface area (Å²) in [6.07, 6.45) is -5.17. The summed E-state index contributed by atoms with van der Waals surface area (Å²) in [4.78, 5) is 83.1. The molecule has 0 aliphatic rings.